The molecule has 0 saturated heterocycles. The molecule has 1 aliphatic carbocycles. The molecule has 0 N–H and O–H groups in total. The van der Waals surface area contributed by atoms with E-state index in [1.165, 1.54) is 38.1 Å². The highest BCUT2D eigenvalue weighted by Crippen LogP contribution is 2.42. The third-order valence-electron chi connectivity index (χ3n) is 10.5. The number of fused-ring (bicyclic) bond motifs is 7. The van der Waals surface area contributed by atoms with E-state index in [0.717, 1.165) is 51.6 Å². The summed E-state index contributed by atoms with van der Waals surface area (Å²) in [6.45, 7) is 2.30. The Morgan fingerprint density at radius 1 is 0.529 bits per heavy atom. The van der Waals surface area contributed by atoms with Gasteiger partial charge in [-0.05, 0) is 66.6 Å². The molecule has 4 heteroatoms. The topological polar surface area (TPSA) is 35.6 Å². The molecule has 5 aromatic carbocycles. The number of hydrogen-bond donors (Lipinski definition) is 0. The molecule has 51 heavy (non-hydrogen) atoms. The van der Waals surface area contributed by atoms with Crippen LogP contribution in [0.4, 0.5) is 0 Å². The van der Waals surface area contributed by atoms with Crippen LogP contribution < -0.4 is 0 Å². The van der Waals surface area contributed by atoms with Crippen LogP contribution in [0, 0.1) is 0 Å². The molecular formula is C47H34N4. The highest BCUT2D eigenvalue weighted by atomic mass is 15.1. The van der Waals surface area contributed by atoms with Gasteiger partial charge in [0.2, 0.25) is 0 Å². The monoisotopic (exact) mass is 654 g/mol. The zero-order valence-corrected chi connectivity index (χ0v) is 28.2. The van der Waals surface area contributed by atoms with E-state index >= 15 is 0 Å². The average molecular weight is 655 g/mol. The van der Waals surface area contributed by atoms with Gasteiger partial charge in [-0.1, -0.05) is 128 Å². The van der Waals surface area contributed by atoms with Crippen LogP contribution >= 0.6 is 0 Å². The Morgan fingerprint density at radius 3 is 2.02 bits per heavy atom. The van der Waals surface area contributed by atoms with Crippen LogP contribution in [-0.4, -0.2) is 19.1 Å². The lowest BCUT2D eigenvalue weighted by atomic mass is 9.77. The summed E-state index contributed by atoms with van der Waals surface area (Å²) in [5.74, 6) is 0.862. The number of rotatable bonds is 5. The van der Waals surface area contributed by atoms with E-state index in [1.54, 1.807) is 0 Å². The molecule has 4 heterocycles. The fourth-order valence-corrected chi connectivity index (χ4v) is 7.98. The van der Waals surface area contributed by atoms with Crippen molar-refractivity contribution in [3.05, 3.63) is 182 Å². The molecule has 0 fully saturated rings. The van der Waals surface area contributed by atoms with Crippen molar-refractivity contribution in [2.24, 2.45) is 0 Å². The van der Waals surface area contributed by atoms with Crippen LogP contribution in [0.3, 0.4) is 0 Å². The lowest BCUT2D eigenvalue weighted by molar-refractivity contribution is 0.599. The zero-order chi connectivity index (χ0) is 33.9. The minimum Gasteiger partial charge on any atom is -0.309 e. The summed E-state index contributed by atoms with van der Waals surface area (Å²) < 4.78 is 4.74. The van der Waals surface area contributed by atoms with Crippen molar-refractivity contribution in [3.8, 4) is 34.2 Å². The molecule has 1 aliphatic rings. The van der Waals surface area contributed by atoms with Gasteiger partial charge in [0, 0.05) is 38.2 Å². The summed E-state index contributed by atoms with van der Waals surface area (Å²) >= 11 is 0. The van der Waals surface area contributed by atoms with Crippen molar-refractivity contribution >= 4 is 43.6 Å². The van der Waals surface area contributed by atoms with Crippen molar-refractivity contribution in [1.82, 2.24) is 19.1 Å². The largest absolute Gasteiger partial charge is 0.309 e. The first kappa shape index (κ1) is 29.4. The van der Waals surface area contributed by atoms with E-state index in [-0.39, 0.29) is 5.41 Å². The first-order valence-electron chi connectivity index (χ1n) is 17.6. The predicted molar refractivity (Wildman–Crippen MR) is 212 cm³/mol. The maximum absolute atomic E-state index is 5.39. The van der Waals surface area contributed by atoms with Crippen molar-refractivity contribution in [2.75, 3.05) is 0 Å². The van der Waals surface area contributed by atoms with Gasteiger partial charge in [-0.3, -0.25) is 4.57 Å². The van der Waals surface area contributed by atoms with Gasteiger partial charge in [0.25, 0.3) is 0 Å². The van der Waals surface area contributed by atoms with E-state index in [4.69, 9.17) is 9.97 Å². The van der Waals surface area contributed by atoms with Gasteiger partial charge in [-0.2, -0.15) is 0 Å². The normalized spacial score (nSPS) is 15.8. The minimum absolute atomic E-state index is 0.136. The van der Waals surface area contributed by atoms with E-state index in [1.807, 2.05) is 6.07 Å². The van der Waals surface area contributed by atoms with Crippen LogP contribution in [0.25, 0.3) is 77.8 Å². The quantitative estimate of drug-likeness (QED) is 0.185. The van der Waals surface area contributed by atoms with Crippen molar-refractivity contribution in [1.29, 1.82) is 0 Å². The van der Waals surface area contributed by atoms with Gasteiger partial charge in [-0.25, -0.2) is 9.97 Å². The van der Waals surface area contributed by atoms with Crippen LogP contribution in [0.15, 0.2) is 176 Å². The second-order valence-corrected chi connectivity index (χ2v) is 13.7. The lowest BCUT2D eigenvalue weighted by Gasteiger charge is -2.28. The molecule has 9 aromatic rings. The first-order valence-corrected chi connectivity index (χ1v) is 17.6. The van der Waals surface area contributed by atoms with Crippen molar-refractivity contribution in [2.45, 2.75) is 18.8 Å². The summed E-state index contributed by atoms with van der Waals surface area (Å²) in [7, 11) is 0. The van der Waals surface area contributed by atoms with E-state index in [0.29, 0.717) is 0 Å². The molecule has 10 rings (SSSR count). The predicted octanol–water partition coefficient (Wildman–Crippen LogP) is 11.8. The molecule has 0 saturated carbocycles. The second kappa shape index (κ2) is 11.5. The number of hydrogen-bond acceptors (Lipinski definition) is 2. The van der Waals surface area contributed by atoms with Gasteiger partial charge in [0.15, 0.2) is 0 Å². The zero-order valence-electron chi connectivity index (χ0n) is 28.2. The van der Waals surface area contributed by atoms with Crippen molar-refractivity contribution in [3.63, 3.8) is 0 Å². The molecule has 0 radical (unpaired) electrons. The summed E-state index contributed by atoms with van der Waals surface area (Å²) in [4.78, 5) is 10.6. The van der Waals surface area contributed by atoms with Crippen LogP contribution in [-0.2, 0) is 5.41 Å². The fraction of sp³-hybridized carbons (Fsp3) is 0.0638. The average Bonchev–Trinajstić information content (AvgIpc) is 3.72. The Labute approximate surface area is 296 Å². The number of pyridine rings is 2. The molecule has 4 nitrogen and oxygen atoms in total. The molecule has 1 atom stereocenters. The first-order chi connectivity index (χ1) is 25.2. The standard InChI is InChI=1S/C47H34N4/c1-47(28-13-4-14-29-47)33-30-39(32-16-5-2-6-17-32)48-40(31-33)38-22-15-25-44(49-38)51-42-24-12-10-21-37(42)45-43(51)27-26-36-35-20-9-11-23-41(35)50(46(36)45)34-18-7-3-8-19-34/h2-28,30-31H,29H2,1H3. The van der Waals surface area contributed by atoms with Gasteiger partial charge >= 0.3 is 0 Å². The summed E-state index contributed by atoms with van der Waals surface area (Å²) in [5.41, 5.74) is 10.6. The summed E-state index contributed by atoms with van der Waals surface area (Å²) in [5, 5.41) is 4.89. The molecule has 0 bridgehead atoms. The third kappa shape index (κ3) is 4.68. The molecular weight excluding hydrogens is 621 g/mol. The Kier molecular flexibility index (Phi) is 6.65. The van der Waals surface area contributed by atoms with E-state index in [2.05, 4.69) is 186 Å². The molecule has 0 amide bonds. The second-order valence-electron chi connectivity index (χ2n) is 13.7. The maximum atomic E-state index is 5.39. The molecule has 0 spiro atoms. The smallest absolute Gasteiger partial charge is 0.138 e. The van der Waals surface area contributed by atoms with Crippen LogP contribution in [0.1, 0.15) is 18.9 Å². The van der Waals surface area contributed by atoms with Crippen molar-refractivity contribution < 1.29 is 0 Å². The van der Waals surface area contributed by atoms with Gasteiger partial charge in [0.05, 0.1) is 39.1 Å². The third-order valence-corrected chi connectivity index (χ3v) is 10.5. The number of aromatic nitrogens is 4. The highest BCUT2D eigenvalue weighted by Gasteiger charge is 2.26. The number of benzene rings is 5. The van der Waals surface area contributed by atoms with E-state index in [9.17, 15) is 0 Å². The minimum atomic E-state index is -0.136. The Balaban J connectivity index is 1.22. The van der Waals surface area contributed by atoms with Gasteiger partial charge in [0.1, 0.15) is 5.82 Å². The Morgan fingerprint density at radius 2 is 1.24 bits per heavy atom. The molecule has 4 aromatic heterocycles. The van der Waals surface area contributed by atoms with Gasteiger partial charge in [-0.15, -0.1) is 0 Å². The molecule has 242 valence electrons. The SMILES string of the molecule is CC1(c2cc(-c3ccccc3)nc(-c3cccc(-n4c5ccccc5c5c4ccc4c6ccccc6n(-c6ccccc6)c45)n3)c2)C=CC=CC1. The summed E-state index contributed by atoms with van der Waals surface area (Å²) in [6.07, 6.45) is 9.77. The fourth-order valence-electron chi connectivity index (χ4n) is 7.98. The Hall–Kier alpha value is -6.52. The summed E-state index contributed by atoms with van der Waals surface area (Å²) in [6, 6.07) is 53.9. The van der Waals surface area contributed by atoms with Crippen LogP contribution in [0.5, 0.6) is 0 Å². The van der Waals surface area contributed by atoms with Crippen LogP contribution in [0.2, 0.25) is 0 Å². The number of para-hydroxylation sites is 3. The highest BCUT2D eigenvalue weighted by molar-refractivity contribution is 6.26. The lowest BCUT2D eigenvalue weighted by Crippen LogP contribution is -2.20. The molecule has 0 aliphatic heterocycles. The maximum Gasteiger partial charge on any atom is 0.138 e. The number of nitrogens with zero attached hydrogens (tertiary/aromatic N) is 4. The Bertz CT molecular complexity index is 2840. The van der Waals surface area contributed by atoms with Gasteiger partial charge < -0.3 is 4.57 Å². The number of allylic oxidation sites excluding steroid dienone is 4. The molecule has 1 unspecified atom stereocenters. The van der Waals surface area contributed by atoms with E-state index < -0.39 is 0 Å².